The summed E-state index contributed by atoms with van der Waals surface area (Å²) in [5.74, 6) is -0.430. The van der Waals surface area contributed by atoms with Gasteiger partial charge in [0.05, 0.1) is 10.5 Å². The average Bonchev–Trinajstić information content (AvgIpc) is 2.63. The first-order valence-corrected chi connectivity index (χ1v) is 7.25. The molecule has 2 heterocycles. The van der Waals surface area contributed by atoms with Crippen LogP contribution in [0.5, 0.6) is 0 Å². The number of piperazine rings is 1. The molecule has 3 rings (SSSR count). The fraction of sp³-hybridized carbons (Fsp3) is 0.364. The number of carbonyl (C=O) groups excluding carboxylic acids is 1. The normalized spacial score (nSPS) is 27.9. The zero-order chi connectivity index (χ0) is 12.8. The molecule has 0 bridgehead atoms. The molecule has 0 aliphatic carbocycles. The summed E-state index contributed by atoms with van der Waals surface area (Å²) in [7, 11) is -2.77. The maximum absolute atomic E-state index is 13.0. The summed E-state index contributed by atoms with van der Waals surface area (Å²) in [5, 5.41) is 3.19. The van der Waals surface area contributed by atoms with Gasteiger partial charge in [0.15, 0.2) is 0 Å². The van der Waals surface area contributed by atoms with Crippen molar-refractivity contribution in [3.63, 3.8) is 0 Å². The number of fused-ring (bicyclic) bond motifs is 1. The molecule has 0 aromatic heterocycles. The van der Waals surface area contributed by atoms with Gasteiger partial charge in [-0.05, 0) is 18.2 Å². The fourth-order valence-corrected chi connectivity index (χ4v) is 4.42. The lowest BCUT2D eigenvalue weighted by Gasteiger charge is -2.28. The van der Waals surface area contributed by atoms with E-state index in [2.05, 4.69) is 9.68 Å². The van der Waals surface area contributed by atoms with Crippen molar-refractivity contribution in [2.24, 2.45) is 4.36 Å². The average molecular weight is 266 g/mol. The molecule has 7 heteroatoms. The molecule has 1 saturated heterocycles. The van der Waals surface area contributed by atoms with Crippen LogP contribution >= 0.6 is 0 Å². The van der Waals surface area contributed by atoms with Crippen LogP contribution < -0.4 is 11.1 Å². The predicted molar refractivity (Wildman–Crippen MR) is 68.5 cm³/mol. The van der Waals surface area contributed by atoms with Gasteiger partial charge in [0.2, 0.25) is 0 Å². The van der Waals surface area contributed by atoms with Gasteiger partial charge in [-0.25, -0.2) is 8.51 Å². The monoisotopic (exact) mass is 266 g/mol. The quantitative estimate of drug-likeness (QED) is 0.704. The van der Waals surface area contributed by atoms with Crippen molar-refractivity contribution in [1.29, 1.82) is 0 Å². The van der Waals surface area contributed by atoms with Crippen molar-refractivity contribution in [1.82, 2.24) is 9.62 Å². The van der Waals surface area contributed by atoms with Crippen LogP contribution in [0.3, 0.4) is 0 Å². The van der Waals surface area contributed by atoms with Crippen LogP contribution in [0.2, 0.25) is 0 Å². The number of carbonyl (C=O) groups is 1. The van der Waals surface area contributed by atoms with Crippen LogP contribution in [0.4, 0.5) is 5.69 Å². The maximum atomic E-state index is 13.0. The molecule has 2 aliphatic rings. The molecule has 18 heavy (non-hydrogen) atoms. The molecule has 6 nitrogen and oxygen atoms in total. The minimum atomic E-state index is -2.77. The molecule has 3 N–H and O–H groups in total. The van der Waals surface area contributed by atoms with E-state index in [1.807, 2.05) is 0 Å². The Labute approximate surface area is 105 Å². The van der Waals surface area contributed by atoms with Crippen molar-refractivity contribution in [2.45, 2.75) is 4.90 Å². The Balaban J connectivity index is 2.12. The van der Waals surface area contributed by atoms with E-state index in [-0.39, 0.29) is 0 Å². The molecule has 1 aromatic rings. The second kappa shape index (κ2) is 4.04. The van der Waals surface area contributed by atoms with Gasteiger partial charge in [-0.3, -0.25) is 4.79 Å². The van der Waals surface area contributed by atoms with Gasteiger partial charge in [0.25, 0.3) is 5.91 Å². The van der Waals surface area contributed by atoms with Crippen molar-refractivity contribution in [2.75, 3.05) is 31.9 Å². The number of hydrogen-bond donors (Lipinski definition) is 2. The highest BCUT2D eigenvalue weighted by atomic mass is 32.2. The minimum Gasteiger partial charge on any atom is -0.399 e. The molecule has 1 fully saturated rings. The second-order valence-corrected chi connectivity index (χ2v) is 6.46. The van der Waals surface area contributed by atoms with E-state index in [4.69, 9.17) is 5.73 Å². The predicted octanol–water partition coefficient (Wildman–Crippen LogP) is 0.0697. The molecule has 1 aromatic carbocycles. The smallest absolute Gasteiger partial charge is 0.287 e. The largest absolute Gasteiger partial charge is 0.399 e. The van der Waals surface area contributed by atoms with E-state index in [9.17, 15) is 9.00 Å². The lowest BCUT2D eigenvalue weighted by molar-refractivity contribution is 0.101. The van der Waals surface area contributed by atoms with Crippen LogP contribution in [0.1, 0.15) is 10.4 Å². The number of nitrogens with two attached hydrogens (primary N) is 1. The van der Waals surface area contributed by atoms with E-state index in [1.165, 1.54) is 0 Å². The Morgan fingerprint density at radius 3 is 2.78 bits per heavy atom. The lowest BCUT2D eigenvalue weighted by atomic mass is 10.2. The molecule has 0 saturated carbocycles. The zero-order valence-corrected chi connectivity index (χ0v) is 10.6. The number of nitrogen functional groups attached to an aromatic ring is 1. The summed E-state index contributed by atoms with van der Waals surface area (Å²) in [6.45, 7) is 2.76. The summed E-state index contributed by atoms with van der Waals surface area (Å²) in [4.78, 5) is 12.3. The summed E-state index contributed by atoms with van der Waals surface area (Å²) >= 11 is 0. The first kappa shape index (κ1) is 11.6. The van der Waals surface area contributed by atoms with E-state index in [0.29, 0.717) is 29.2 Å². The molecule has 96 valence electrons. The number of amides is 1. The number of anilines is 1. The highest BCUT2D eigenvalue weighted by Gasteiger charge is 2.34. The van der Waals surface area contributed by atoms with Gasteiger partial charge >= 0.3 is 0 Å². The third kappa shape index (κ3) is 1.63. The summed E-state index contributed by atoms with van der Waals surface area (Å²) in [6, 6.07) is 4.87. The number of benzene rings is 1. The van der Waals surface area contributed by atoms with Crippen molar-refractivity contribution >= 4 is 21.5 Å². The number of nitrogens with zero attached hydrogens (tertiary/aromatic N) is 2. The van der Waals surface area contributed by atoms with Crippen LogP contribution in [-0.4, -0.2) is 40.6 Å². The Morgan fingerprint density at radius 2 is 2.06 bits per heavy atom. The van der Waals surface area contributed by atoms with Crippen LogP contribution in [0, 0.1) is 0 Å². The molecule has 1 unspecified atom stereocenters. The van der Waals surface area contributed by atoms with E-state index in [1.54, 1.807) is 22.5 Å². The van der Waals surface area contributed by atoms with Gasteiger partial charge in [-0.2, -0.15) is 0 Å². The molecule has 0 radical (unpaired) electrons. The van der Waals surface area contributed by atoms with Gasteiger partial charge in [0, 0.05) is 31.9 Å². The van der Waals surface area contributed by atoms with Crippen LogP contribution in [-0.2, 0) is 9.92 Å². The summed E-state index contributed by atoms with van der Waals surface area (Å²) in [5.41, 5.74) is 6.51. The highest BCUT2D eigenvalue weighted by molar-refractivity contribution is 7.92. The Kier molecular flexibility index (Phi) is 2.61. The molecular formula is C11H14N4O2S. The minimum absolute atomic E-state index is 0.374. The number of hydrogen-bond acceptors (Lipinski definition) is 4. The molecule has 1 atom stereocenters. The molecule has 1 amide bonds. The highest BCUT2D eigenvalue weighted by Crippen LogP contribution is 2.31. The van der Waals surface area contributed by atoms with Crippen molar-refractivity contribution < 1.29 is 9.00 Å². The Morgan fingerprint density at radius 1 is 1.33 bits per heavy atom. The Hall–Kier alpha value is -1.44. The summed E-state index contributed by atoms with van der Waals surface area (Å²) < 4.78 is 18.6. The topological polar surface area (TPSA) is 87.8 Å². The van der Waals surface area contributed by atoms with E-state index in [0.717, 1.165) is 13.1 Å². The standard InChI is InChI=1S/C11H14N4O2S/c12-8-1-2-10-9(7-8)11(16)14-18(10,17)15-5-3-13-4-6-15/h1-2,7,13H,3-6,12H2. The van der Waals surface area contributed by atoms with Crippen molar-refractivity contribution in [3.05, 3.63) is 23.8 Å². The summed E-state index contributed by atoms with van der Waals surface area (Å²) in [6.07, 6.45) is 0. The third-order valence-electron chi connectivity index (χ3n) is 3.15. The van der Waals surface area contributed by atoms with Crippen LogP contribution in [0.15, 0.2) is 27.5 Å². The second-order valence-electron chi connectivity index (χ2n) is 4.33. The fourth-order valence-electron chi connectivity index (χ4n) is 2.25. The SMILES string of the molecule is Nc1ccc2c(c1)C(=O)N=S2(=O)N1CCNCC1. The van der Waals surface area contributed by atoms with Crippen molar-refractivity contribution in [3.8, 4) is 0 Å². The number of rotatable bonds is 1. The maximum Gasteiger partial charge on any atom is 0.287 e. The number of nitrogens with one attached hydrogen (secondary N) is 1. The van der Waals surface area contributed by atoms with E-state index < -0.39 is 15.8 Å². The Bertz CT molecular complexity index is 628. The molecule has 2 aliphatic heterocycles. The van der Waals surface area contributed by atoms with Gasteiger partial charge in [-0.15, -0.1) is 4.36 Å². The lowest BCUT2D eigenvalue weighted by Crippen LogP contribution is -2.45. The van der Waals surface area contributed by atoms with E-state index >= 15 is 0 Å². The first-order valence-electron chi connectivity index (χ1n) is 5.78. The van der Waals surface area contributed by atoms with Gasteiger partial charge in [-0.1, -0.05) is 0 Å². The van der Waals surface area contributed by atoms with Crippen LogP contribution in [0.25, 0.3) is 0 Å². The first-order chi connectivity index (χ1) is 8.61. The zero-order valence-electron chi connectivity index (χ0n) is 9.76. The molecular weight excluding hydrogens is 252 g/mol. The van der Waals surface area contributed by atoms with Gasteiger partial charge < -0.3 is 11.1 Å². The third-order valence-corrected chi connectivity index (χ3v) is 5.56. The molecule has 0 spiro atoms. The van der Waals surface area contributed by atoms with Gasteiger partial charge in [0.1, 0.15) is 9.92 Å².